The topological polar surface area (TPSA) is 52.6 Å². The van der Waals surface area contributed by atoms with Crippen LogP contribution in [0, 0.1) is 13.8 Å². The van der Waals surface area contributed by atoms with E-state index >= 15 is 0 Å². The molecule has 2 aromatic rings. The van der Waals surface area contributed by atoms with E-state index in [2.05, 4.69) is 51.8 Å². The first kappa shape index (κ1) is 17.8. The van der Waals surface area contributed by atoms with E-state index < -0.39 is 0 Å². The Morgan fingerprint density at radius 2 is 1.63 bits per heavy atom. The van der Waals surface area contributed by atoms with E-state index in [4.69, 9.17) is 0 Å². The highest BCUT2D eigenvalue weighted by atomic mass is 16.2. The fourth-order valence-corrected chi connectivity index (χ4v) is 3.96. The van der Waals surface area contributed by atoms with Gasteiger partial charge in [-0.05, 0) is 43.9 Å². The van der Waals surface area contributed by atoms with Crippen molar-refractivity contribution in [2.45, 2.75) is 26.7 Å². The first-order valence-electron chi connectivity index (χ1n) is 9.80. The molecule has 0 aliphatic carbocycles. The molecule has 0 spiro atoms. The molecule has 4 rings (SSSR count). The van der Waals surface area contributed by atoms with Crippen LogP contribution in [-0.4, -0.2) is 60.0 Å². The van der Waals surface area contributed by atoms with Crippen LogP contribution in [0.5, 0.6) is 0 Å². The number of carbonyl (C=O) groups excluding carboxylic acids is 1. The summed E-state index contributed by atoms with van der Waals surface area (Å²) in [4.78, 5) is 28.1. The van der Waals surface area contributed by atoms with Crippen molar-refractivity contribution >= 4 is 17.4 Å². The molecule has 2 fully saturated rings. The molecule has 0 unspecified atom stereocenters. The number of aromatic nitrogens is 2. The molecule has 0 saturated carbocycles. The molecule has 1 aromatic heterocycles. The van der Waals surface area contributed by atoms with E-state index in [1.54, 1.807) is 0 Å². The number of anilines is 2. The van der Waals surface area contributed by atoms with Gasteiger partial charge < -0.3 is 14.7 Å². The maximum absolute atomic E-state index is 12.9. The van der Waals surface area contributed by atoms with Gasteiger partial charge in [0.1, 0.15) is 17.8 Å². The summed E-state index contributed by atoms with van der Waals surface area (Å²) in [5.74, 6) is 0.887. The van der Waals surface area contributed by atoms with Crippen LogP contribution in [0.3, 0.4) is 0 Å². The van der Waals surface area contributed by atoms with Crippen molar-refractivity contribution < 1.29 is 4.79 Å². The number of rotatable bonds is 3. The van der Waals surface area contributed by atoms with E-state index in [0.29, 0.717) is 5.69 Å². The maximum Gasteiger partial charge on any atom is 0.272 e. The lowest BCUT2D eigenvalue weighted by Gasteiger charge is -2.36. The smallest absolute Gasteiger partial charge is 0.272 e. The molecule has 142 valence electrons. The van der Waals surface area contributed by atoms with E-state index in [-0.39, 0.29) is 5.91 Å². The molecule has 2 saturated heterocycles. The van der Waals surface area contributed by atoms with Crippen molar-refractivity contribution in [3.63, 3.8) is 0 Å². The third kappa shape index (κ3) is 3.75. The molecule has 6 nitrogen and oxygen atoms in total. The molecule has 2 aliphatic rings. The molecule has 1 aromatic carbocycles. The highest BCUT2D eigenvalue weighted by Crippen LogP contribution is 2.23. The highest BCUT2D eigenvalue weighted by Gasteiger charge is 2.25. The molecule has 6 heteroatoms. The molecule has 2 aliphatic heterocycles. The fourth-order valence-electron chi connectivity index (χ4n) is 3.96. The van der Waals surface area contributed by atoms with Crippen LogP contribution in [0.2, 0.25) is 0 Å². The Hall–Kier alpha value is -2.63. The summed E-state index contributed by atoms with van der Waals surface area (Å²) in [7, 11) is 0. The summed E-state index contributed by atoms with van der Waals surface area (Å²) in [6.45, 7) is 9.42. The Morgan fingerprint density at radius 1 is 0.889 bits per heavy atom. The summed E-state index contributed by atoms with van der Waals surface area (Å²) in [5.41, 5.74) is 4.34. The summed E-state index contributed by atoms with van der Waals surface area (Å²) in [6.07, 6.45) is 3.90. The van der Waals surface area contributed by atoms with Gasteiger partial charge in [-0.2, -0.15) is 0 Å². The number of benzene rings is 1. The van der Waals surface area contributed by atoms with E-state index in [0.717, 1.165) is 45.1 Å². The molecule has 0 radical (unpaired) electrons. The van der Waals surface area contributed by atoms with E-state index in [1.807, 2.05) is 11.0 Å². The van der Waals surface area contributed by atoms with Crippen LogP contribution in [-0.2, 0) is 0 Å². The van der Waals surface area contributed by atoms with Crippen molar-refractivity contribution in [2.75, 3.05) is 49.1 Å². The zero-order chi connectivity index (χ0) is 18.8. The summed E-state index contributed by atoms with van der Waals surface area (Å²) < 4.78 is 0. The summed E-state index contributed by atoms with van der Waals surface area (Å²) in [6, 6.07) is 8.40. The van der Waals surface area contributed by atoms with Crippen LogP contribution in [0.15, 0.2) is 30.6 Å². The summed E-state index contributed by atoms with van der Waals surface area (Å²) >= 11 is 0. The molecule has 27 heavy (non-hydrogen) atoms. The number of amides is 1. The number of carbonyl (C=O) groups is 1. The van der Waals surface area contributed by atoms with Gasteiger partial charge in [0, 0.05) is 51.0 Å². The largest absolute Gasteiger partial charge is 0.368 e. The minimum atomic E-state index is 0.0125. The van der Waals surface area contributed by atoms with Crippen molar-refractivity contribution in [1.29, 1.82) is 0 Å². The third-order valence-corrected chi connectivity index (χ3v) is 5.57. The van der Waals surface area contributed by atoms with Crippen LogP contribution in [0.1, 0.15) is 34.5 Å². The molecular formula is C21H27N5O. The number of aryl methyl sites for hydroxylation is 2. The van der Waals surface area contributed by atoms with Crippen molar-refractivity contribution in [1.82, 2.24) is 14.9 Å². The maximum atomic E-state index is 12.9. The summed E-state index contributed by atoms with van der Waals surface area (Å²) in [5, 5.41) is 0. The standard InChI is InChI=1S/C21H27N5O/c1-16-5-6-17(2)19(13-16)24-9-11-26(12-10-24)21(27)18-14-20(23-15-22-18)25-7-3-4-8-25/h5-6,13-15H,3-4,7-12H2,1-2H3. The average Bonchev–Trinajstić information content (AvgIpc) is 3.24. The normalized spacial score (nSPS) is 17.5. The number of hydrogen-bond acceptors (Lipinski definition) is 5. The van der Waals surface area contributed by atoms with Crippen molar-refractivity contribution in [3.8, 4) is 0 Å². The van der Waals surface area contributed by atoms with Gasteiger partial charge in [-0.15, -0.1) is 0 Å². The van der Waals surface area contributed by atoms with Gasteiger partial charge in [-0.3, -0.25) is 4.79 Å². The van der Waals surface area contributed by atoms with Crippen molar-refractivity contribution in [3.05, 3.63) is 47.4 Å². The third-order valence-electron chi connectivity index (χ3n) is 5.57. The van der Waals surface area contributed by atoms with Gasteiger partial charge in [0.05, 0.1) is 0 Å². The molecule has 0 atom stereocenters. The van der Waals surface area contributed by atoms with Crippen LogP contribution in [0.4, 0.5) is 11.5 Å². The van der Waals surface area contributed by atoms with Gasteiger partial charge in [-0.25, -0.2) is 9.97 Å². The predicted octanol–water partition coefficient (Wildman–Crippen LogP) is 2.66. The first-order valence-corrected chi connectivity index (χ1v) is 9.80. The lowest BCUT2D eigenvalue weighted by Crippen LogP contribution is -2.49. The fraction of sp³-hybridized carbons (Fsp3) is 0.476. The Balaban J connectivity index is 1.43. The molecule has 3 heterocycles. The Labute approximate surface area is 160 Å². The highest BCUT2D eigenvalue weighted by molar-refractivity contribution is 5.93. The molecule has 1 amide bonds. The van der Waals surface area contributed by atoms with Gasteiger partial charge in [-0.1, -0.05) is 12.1 Å². The zero-order valence-electron chi connectivity index (χ0n) is 16.2. The van der Waals surface area contributed by atoms with Gasteiger partial charge in [0.2, 0.25) is 0 Å². The Bertz CT molecular complexity index is 823. The van der Waals surface area contributed by atoms with Crippen LogP contribution < -0.4 is 9.80 Å². The lowest BCUT2D eigenvalue weighted by atomic mass is 10.1. The Morgan fingerprint density at radius 3 is 2.37 bits per heavy atom. The monoisotopic (exact) mass is 365 g/mol. The minimum absolute atomic E-state index is 0.0125. The molecular weight excluding hydrogens is 338 g/mol. The van der Waals surface area contributed by atoms with Crippen LogP contribution >= 0.6 is 0 Å². The lowest BCUT2D eigenvalue weighted by molar-refractivity contribution is 0.0740. The van der Waals surface area contributed by atoms with Gasteiger partial charge in [0.25, 0.3) is 5.91 Å². The predicted molar refractivity (Wildman–Crippen MR) is 108 cm³/mol. The SMILES string of the molecule is Cc1ccc(C)c(N2CCN(C(=O)c3cc(N4CCCC4)ncn3)CC2)c1. The van der Waals surface area contributed by atoms with Gasteiger partial charge in [0.15, 0.2) is 0 Å². The van der Waals surface area contributed by atoms with Crippen molar-refractivity contribution in [2.24, 2.45) is 0 Å². The number of nitrogens with zero attached hydrogens (tertiary/aromatic N) is 5. The number of hydrogen-bond donors (Lipinski definition) is 0. The molecule has 0 bridgehead atoms. The second-order valence-corrected chi connectivity index (χ2v) is 7.52. The van der Waals surface area contributed by atoms with E-state index in [9.17, 15) is 4.79 Å². The average molecular weight is 365 g/mol. The van der Waals surface area contributed by atoms with Gasteiger partial charge >= 0.3 is 0 Å². The van der Waals surface area contributed by atoms with E-state index in [1.165, 1.54) is 36.0 Å². The second kappa shape index (κ2) is 7.55. The quantitative estimate of drug-likeness (QED) is 0.837. The number of piperazine rings is 1. The molecule has 0 N–H and O–H groups in total. The van der Waals surface area contributed by atoms with Crippen LogP contribution in [0.25, 0.3) is 0 Å². The minimum Gasteiger partial charge on any atom is -0.368 e. The first-order chi connectivity index (χ1) is 13.1. The Kier molecular flexibility index (Phi) is 4.97. The zero-order valence-corrected chi connectivity index (χ0v) is 16.2. The second-order valence-electron chi connectivity index (χ2n) is 7.52.